The summed E-state index contributed by atoms with van der Waals surface area (Å²) in [6, 6.07) is 6.30. The van der Waals surface area contributed by atoms with Crippen LogP contribution in [-0.4, -0.2) is 17.5 Å². The summed E-state index contributed by atoms with van der Waals surface area (Å²) in [7, 11) is 0. The van der Waals surface area contributed by atoms with Gasteiger partial charge in [0.2, 0.25) is 0 Å². The van der Waals surface area contributed by atoms with Crippen LogP contribution < -0.4 is 5.32 Å². The Hall–Kier alpha value is -0.0500. The van der Waals surface area contributed by atoms with Gasteiger partial charge < -0.3 is 5.32 Å². The van der Waals surface area contributed by atoms with Gasteiger partial charge >= 0.3 is 0 Å². The lowest BCUT2D eigenvalue weighted by Gasteiger charge is -2.23. The molecule has 0 spiro atoms. The topological polar surface area (TPSA) is 12.0 Å². The van der Waals surface area contributed by atoms with Gasteiger partial charge in [-0.2, -0.15) is 11.8 Å². The van der Waals surface area contributed by atoms with Crippen LogP contribution in [-0.2, 0) is 0 Å². The van der Waals surface area contributed by atoms with Gasteiger partial charge in [0.25, 0.3) is 0 Å². The van der Waals surface area contributed by atoms with Crippen LogP contribution in [0.2, 0.25) is 10.0 Å². The quantitative estimate of drug-likeness (QED) is 0.852. The van der Waals surface area contributed by atoms with Crippen LogP contribution in [0.1, 0.15) is 12.8 Å². The summed E-state index contributed by atoms with van der Waals surface area (Å²) in [6.07, 6.45) is 2.45. The summed E-state index contributed by atoms with van der Waals surface area (Å²) in [5.74, 6) is 2.50. The van der Waals surface area contributed by atoms with Crippen molar-refractivity contribution < 1.29 is 0 Å². The molecule has 0 aromatic heterocycles. The van der Waals surface area contributed by atoms with Crippen molar-refractivity contribution in [3.05, 3.63) is 28.2 Å². The summed E-state index contributed by atoms with van der Waals surface area (Å²) in [6.45, 7) is 0. The van der Waals surface area contributed by atoms with Crippen molar-refractivity contribution in [2.24, 2.45) is 0 Å². The fourth-order valence-corrected chi connectivity index (χ4v) is 3.07. The predicted molar refractivity (Wildman–Crippen MR) is 70.4 cm³/mol. The van der Waals surface area contributed by atoms with E-state index >= 15 is 0 Å². The maximum Gasteiger partial charge on any atom is 0.0612 e. The fourth-order valence-electron chi connectivity index (χ4n) is 1.66. The third-order valence-electron chi connectivity index (χ3n) is 2.51. The Morgan fingerprint density at radius 3 is 2.53 bits per heavy atom. The number of nitrogens with one attached hydrogen (secondary N) is 1. The fraction of sp³-hybridized carbons (Fsp3) is 0.455. The van der Waals surface area contributed by atoms with Crippen LogP contribution in [0.5, 0.6) is 0 Å². The summed E-state index contributed by atoms with van der Waals surface area (Å²) < 4.78 is 0. The van der Waals surface area contributed by atoms with Gasteiger partial charge in [0.1, 0.15) is 0 Å². The number of anilines is 1. The van der Waals surface area contributed by atoms with Crippen LogP contribution in [0, 0.1) is 0 Å². The Bertz CT molecular complexity index is 337. The van der Waals surface area contributed by atoms with E-state index in [-0.39, 0.29) is 0 Å². The van der Waals surface area contributed by atoms with Crippen molar-refractivity contribution in [1.82, 2.24) is 0 Å². The zero-order valence-corrected chi connectivity index (χ0v) is 10.6. The molecule has 4 heteroatoms. The van der Waals surface area contributed by atoms with Gasteiger partial charge in [-0.05, 0) is 42.5 Å². The molecule has 1 N–H and O–H groups in total. The molecule has 0 atom stereocenters. The zero-order chi connectivity index (χ0) is 10.7. The van der Waals surface area contributed by atoms with Crippen LogP contribution in [0.25, 0.3) is 0 Å². The molecule has 0 bridgehead atoms. The monoisotopic (exact) mass is 261 g/mol. The highest BCUT2D eigenvalue weighted by Crippen LogP contribution is 2.27. The van der Waals surface area contributed by atoms with Crippen LogP contribution in [0.3, 0.4) is 0 Å². The van der Waals surface area contributed by atoms with Gasteiger partial charge in [-0.25, -0.2) is 0 Å². The summed E-state index contributed by atoms with van der Waals surface area (Å²) in [4.78, 5) is 0. The van der Waals surface area contributed by atoms with Gasteiger partial charge in [-0.1, -0.05) is 23.2 Å². The Morgan fingerprint density at radius 1 is 1.13 bits per heavy atom. The van der Waals surface area contributed by atoms with Crippen molar-refractivity contribution in [3.63, 3.8) is 0 Å². The Kier molecular flexibility index (Phi) is 4.06. The minimum absolute atomic E-state index is 0.587. The summed E-state index contributed by atoms with van der Waals surface area (Å²) >= 11 is 13.8. The number of benzene rings is 1. The number of thioether (sulfide) groups is 1. The lowest BCUT2D eigenvalue weighted by molar-refractivity contribution is 0.667. The maximum atomic E-state index is 5.96. The van der Waals surface area contributed by atoms with E-state index in [1.165, 1.54) is 24.3 Å². The number of halogens is 2. The number of hydrogen-bond donors (Lipinski definition) is 1. The van der Waals surface area contributed by atoms with E-state index in [1.807, 2.05) is 30.0 Å². The van der Waals surface area contributed by atoms with E-state index in [2.05, 4.69) is 5.32 Å². The lowest BCUT2D eigenvalue weighted by Crippen LogP contribution is -2.24. The van der Waals surface area contributed by atoms with Crippen molar-refractivity contribution in [3.8, 4) is 0 Å². The Labute approximate surface area is 105 Å². The van der Waals surface area contributed by atoms with Crippen molar-refractivity contribution in [1.29, 1.82) is 0 Å². The summed E-state index contributed by atoms with van der Waals surface area (Å²) in [5.41, 5.74) is 1.07. The third kappa shape index (κ3) is 3.20. The number of hydrogen-bond acceptors (Lipinski definition) is 2. The normalized spacial score (nSPS) is 17.7. The highest BCUT2D eigenvalue weighted by atomic mass is 35.5. The smallest absolute Gasteiger partial charge is 0.0612 e. The molecule has 0 aliphatic carbocycles. The Morgan fingerprint density at radius 2 is 1.87 bits per heavy atom. The van der Waals surface area contributed by atoms with Crippen LogP contribution >= 0.6 is 35.0 Å². The average molecular weight is 262 g/mol. The summed E-state index contributed by atoms with van der Waals surface area (Å²) in [5, 5.41) is 4.72. The first kappa shape index (κ1) is 11.4. The van der Waals surface area contributed by atoms with Crippen molar-refractivity contribution in [2.75, 3.05) is 16.8 Å². The predicted octanol–water partition coefficient (Wildman–Crippen LogP) is 4.30. The second kappa shape index (κ2) is 5.33. The van der Waals surface area contributed by atoms with Gasteiger partial charge in [0, 0.05) is 11.7 Å². The largest absolute Gasteiger partial charge is 0.382 e. The molecular weight excluding hydrogens is 249 g/mol. The minimum atomic E-state index is 0.587. The van der Waals surface area contributed by atoms with E-state index in [0.29, 0.717) is 16.1 Å². The molecule has 0 radical (unpaired) electrons. The first-order chi connectivity index (χ1) is 7.25. The van der Waals surface area contributed by atoms with Crippen molar-refractivity contribution in [2.45, 2.75) is 18.9 Å². The first-order valence-electron chi connectivity index (χ1n) is 5.05. The molecular formula is C11H13Cl2NS. The molecule has 1 aliphatic rings. The molecule has 1 fully saturated rings. The molecule has 1 aliphatic heterocycles. The lowest BCUT2D eigenvalue weighted by atomic mass is 10.1. The molecule has 1 aromatic carbocycles. The van der Waals surface area contributed by atoms with Gasteiger partial charge in [0.05, 0.1) is 10.0 Å². The van der Waals surface area contributed by atoms with E-state index in [0.717, 1.165) is 5.69 Å². The molecule has 82 valence electrons. The molecule has 0 amide bonds. The van der Waals surface area contributed by atoms with E-state index in [4.69, 9.17) is 23.2 Å². The van der Waals surface area contributed by atoms with Gasteiger partial charge in [0.15, 0.2) is 0 Å². The van der Waals surface area contributed by atoms with Crippen LogP contribution in [0.4, 0.5) is 5.69 Å². The average Bonchev–Trinajstić information content (AvgIpc) is 2.25. The van der Waals surface area contributed by atoms with Crippen molar-refractivity contribution >= 4 is 40.7 Å². The molecule has 1 heterocycles. The molecule has 15 heavy (non-hydrogen) atoms. The zero-order valence-electron chi connectivity index (χ0n) is 8.30. The molecule has 0 saturated carbocycles. The maximum absolute atomic E-state index is 5.96. The molecule has 1 aromatic rings. The van der Waals surface area contributed by atoms with E-state index in [9.17, 15) is 0 Å². The highest BCUT2D eigenvalue weighted by Gasteiger charge is 2.13. The highest BCUT2D eigenvalue weighted by molar-refractivity contribution is 7.99. The second-order valence-electron chi connectivity index (χ2n) is 3.66. The van der Waals surface area contributed by atoms with Crippen LogP contribution in [0.15, 0.2) is 18.2 Å². The minimum Gasteiger partial charge on any atom is -0.382 e. The van der Waals surface area contributed by atoms with E-state index < -0.39 is 0 Å². The SMILES string of the molecule is Clc1ccc(NC2CCSCC2)cc1Cl. The second-order valence-corrected chi connectivity index (χ2v) is 5.70. The molecule has 2 rings (SSSR count). The van der Waals surface area contributed by atoms with Gasteiger partial charge in [-0.15, -0.1) is 0 Å². The molecule has 0 unspecified atom stereocenters. The van der Waals surface area contributed by atoms with E-state index in [1.54, 1.807) is 0 Å². The molecule has 1 saturated heterocycles. The Balaban J connectivity index is 2.00. The number of rotatable bonds is 2. The standard InChI is InChI=1S/C11H13Cl2NS/c12-10-2-1-9(7-11(10)13)14-8-3-5-15-6-4-8/h1-2,7-8,14H,3-6H2. The third-order valence-corrected chi connectivity index (χ3v) is 4.30. The molecule has 1 nitrogen and oxygen atoms in total. The first-order valence-corrected chi connectivity index (χ1v) is 6.96. The van der Waals surface area contributed by atoms with Gasteiger partial charge in [-0.3, -0.25) is 0 Å².